The van der Waals surface area contributed by atoms with E-state index in [1.807, 2.05) is 0 Å². The van der Waals surface area contributed by atoms with Crippen molar-refractivity contribution in [1.82, 2.24) is 15.5 Å². The normalized spacial score (nSPS) is 21.9. The van der Waals surface area contributed by atoms with Crippen molar-refractivity contribution in [3.05, 3.63) is 34.4 Å². The molecule has 2 heterocycles. The summed E-state index contributed by atoms with van der Waals surface area (Å²) in [6.45, 7) is 4.00. The van der Waals surface area contributed by atoms with Crippen LogP contribution in [0, 0.1) is 5.82 Å². The van der Waals surface area contributed by atoms with E-state index in [2.05, 4.69) is 38.3 Å². The van der Waals surface area contributed by atoms with Crippen molar-refractivity contribution in [3.8, 4) is 11.4 Å². The van der Waals surface area contributed by atoms with Crippen LogP contribution in [0.5, 0.6) is 0 Å². The Morgan fingerprint density at radius 1 is 1.48 bits per heavy atom. The number of halogens is 2. The second kappa shape index (κ2) is 5.85. The zero-order chi connectivity index (χ0) is 14.9. The summed E-state index contributed by atoms with van der Waals surface area (Å²) >= 11 is 3.18. The Kier molecular flexibility index (Phi) is 4.08. The number of benzene rings is 1. The Morgan fingerprint density at radius 3 is 3.00 bits per heavy atom. The number of aromatic nitrogens is 2. The smallest absolute Gasteiger partial charge is 0.234 e. The largest absolute Gasteiger partial charge is 0.338 e. The van der Waals surface area contributed by atoms with Crippen molar-refractivity contribution in [1.29, 1.82) is 0 Å². The van der Waals surface area contributed by atoms with E-state index < -0.39 is 0 Å². The second-order valence-electron chi connectivity index (χ2n) is 5.51. The van der Waals surface area contributed by atoms with Crippen molar-refractivity contribution in [2.45, 2.75) is 31.6 Å². The summed E-state index contributed by atoms with van der Waals surface area (Å²) in [5, 5.41) is 7.45. The van der Waals surface area contributed by atoms with Gasteiger partial charge in [-0.05, 0) is 53.5 Å². The van der Waals surface area contributed by atoms with Crippen LogP contribution in [0.15, 0.2) is 27.2 Å². The number of nitrogens with zero attached hydrogens (tertiary/aromatic N) is 2. The maximum atomic E-state index is 13.3. The summed E-state index contributed by atoms with van der Waals surface area (Å²) in [7, 11) is 0. The fourth-order valence-corrected chi connectivity index (χ4v) is 3.30. The third-order valence-electron chi connectivity index (χ3n) is 4.03. The van der Waals surface area contributed by atoms with Gasteiger partial charge in [0.2, 0.25) is 11.7 Å². The molecule has 2 aromatic rings. The molecule has 4 nitrogen and oxygen atoms in total. The van der Waals surface area contributed by atoms with E-state index >= 15 is 0 Å². The lowest BCUT2D eigenvalue weighted by molar-refractivity contribution is 0.277. The Hall–Kier alpha value is -1.27. The molecule has 0 radical (unpaired) electrons. The molecule has 1 aromatic heterocycles. The lowest BCUT2D eigenvalue weighted by atomic mass is 9.82. The van der Waals surface area contributed by atoms with Crippen LogP contribution in [0.4, 0.5) is 4.39 Å². The van der Waals surface area contributed by atoms with E-state index in [0.29, 0.717) is 16.2 Å². The Labute approximate surface area is 131 Å². The molecule has 1 aromatic carbocycles. The predicted octanol–water partition coefficient (Wildman–Crippen LogP) is 3.67. The molecule has 0 spiro atoms. The van der Waals surface area contributed by atoms with Crippen molar-refractivity contribution < 1.29 is 8.91 Å². The minimum Gasteiger partial charge on any atom is -0.338 e. The topological polar surface area (TPSA) is 51.0 Å². The van der Waals surface area contributed by atoms with Gasteiger partial charge in [0.25, 0.3) is 0 Å². The van der Waals surface area contributed by atoms with Crippen LogP contribution in [-0.4, -0.2) is 23.2 Å². The van der Waals surface area contributed by atoms with Gasteiger partial charge in [0, 0.05) is 12.1 Å². The van der Waals surface area contributed by atoms with Gasteiger partial charge in [-0.25, -0.2) is 4.39 Å². The Balaban J connectivity index is 1.93. The number of hydrogen-bond donors (Lipinski definition) is 1. The van der Waals surface area contributed by atoms with Crippen molar-refractivity contribution in [3.63, 3.8) is 0 Å². The quantitative estimate of drug-likeness (QED) is 0.910. The molecule has 0 aliphatic carbocycles. The highest BCUT2D eigenvalue weighted by Gasteiger charge is 2.40. The second-order valence-corrected chi connectivity index (χ2v) is 6.36. The van der Waals surface area contributed by atoms with Gasteiger partial charge < -0.3 is 9.84 Å². The molecule has 3 rings (SSSR count). The maximum absolute atomic E-state index is 13.3. The average molecular weight is 354 g/mol. The fraction of sp³-hybridized carbons (Fsp3) is 0.467. The minimum absolute atomic E-state index is 0.0583. The molecular weight excluding hydrogens is 337 g/mol. The van der Waals surface area contributed by atoms with Gasteiger partial charge in [-0.3, -0.25) is 0 Å². The summed E-state index contributed by atoms with van der Waals surface area (Å²) in [6, 6.07) is 4.73. The highest BCUT2D eigenvalue weighted by Crippen LogP contribution is 2.35. The zero-order valence-electron chi connectivity index (χ0n) is 11.8. The molecule has 1 unspecified atom stereocenters. The molecule has 112 valence electrons. The van der Waals surface area contributed by atoms with Gasteiger partial charge in [-0.15, -0.1) is 0 Å². The highest BCUT2D eigenvalue weighted by molar-refractivity contribution is 9.10. The van der Waals surface area contributed by atoms with Gasteiger partial charge in [-0.2, -0.15) is 4.98 Å². The standard InChI is InChI=1S/C15H17BrFN3O/c1-2-5-15(6-7-18-9-15)14-19-13(20-21-14)10-3-4-12(17)11(16)8-10/h3-4,8,18H,2,5-7,9H2,1H3. The molecular formula is C15H17BrFN3O. The third kappa shape index (κ3) is 2.74. The lowest BCUT2D eigenvalue weighted by Gasteiger charge is -2.22. The SMILES string of the molecule is CCCC1(c2nc(-c3ccc(F)c(Br)c3)no2)CCNC1. The molecule has 0 saturated carbocycles. The highest BCUT2D eigenvalue weighted by atomic mass is 79.9. The Bertz CT molecular complexity index is 638. The minimum atomic E-state index is -0.301. The Morgan fingerprint density at radius 2 is 2.33 bits per heavy atom. The van der Waals surface area contributed by atoms with E-state index in [1.165, 1.54) is 6.07 Å². The van der Waals surface area contributed by atoms with Crippen molar-refractivity contribution in [2.24, 2.45) is 0 Å². The molecule has 1 N–H and O–H groups in total. The lowest BCUT2D eigenvalue weighted by Crippen LogP contribution is -2.29. The van der Waals surface area contributed by atoms with Gasteiger partial charge in [0.05, 0.1) is 9.89 Å². The van der Waals surface area contributed by atoms with E-state index in [4.69, 9.17) is 4.52 Å². The van der Waals surface area contributed by atoms with E-state index in [0.717, 1.165) is 37.9 Å². The molecule has 1 atom stereocenters. The first-order valence-electron chi connectivity index (χ1n) is 7.15. The van der Waals surface area contributed by atoms with Gasteiger partial charge in [0.1, 0.15) is 5.82 Å². The summed E-state index contributed by atoms with van der Waals surface area (Å²) < 4.78 is 19.2. The van der Waals surface area contributed by atoms with Gasteiger partial charge in [-0.1, -0.05) is 18.5 Å². The average Bonchev–Trinajstić information content (AvgIpc) is 3.12. The van der Waals surface area contributed by atoms with E-state index in [1.54, 1.807) is 12.1 Å². The molecule has 1 aliphatic heterocycles. The van der Waals surface area contributed by atoms with Gasteiger partial charge >= 0.3 is 0 Å². The van der Waals surface area contributed by atoms with Crippen LogP contribution in [0.25, 0.3) is 11.4 Å². The fourth-order valence-electron chi connectivity index (χ4n) is 2.92. The van der Waals surface area contributed by atoms with Crippen molar-refractivity contribution >= 4 is 15.9 Å². The van der Waals surface area contributed by atoms with Crippen LogP contribution in [0.1, 0.15) is 32.1 Å². The number of nitrogens with one attached hydrogen (secondary N) is 1. The van der Waals surface area contributed by atoms with Gasteiger partial charge in [0.15, 0.2) is 0 Å². The van der Waals surface area contributed by atoms with Crippen LogP contribution in [0.2, 0.25) is 0 Å². The van der Waals surface area contributed by atoms with Crippen LogP contribution < -0.4 is 5.32 Å². The van der Waals surface area contributed by atoms with Crippen LogP contribution in [-0.2, 0) is 5.41 Å². The van der Waals surface area contributed by atoms with E-state index in [9.17, 15) is 4.39 Å². The van der Waals surface area contributed by atoms with Crippen molar-refractivity contribution in [2.75, 3.05) is 13.1 Å². The maximum Gasteiger partial charge on any atom is 0.234 e. The molecule has 1 fully saturated rings. The predicted molar refractivity (Wildman–Crippen MR) is 81.5 cm³/mol. The first kappa shape index (κ1) is 14.7. The number of rotatable bonds is 4. The molecule has 0 amide bonds. The summed E-state index contributed by atoms with van der Waals surface area (Å²) in [6.07, 6.45) is 3.10. The summed E-state index contributed by atoms with van der Waals surface area (Å²) in [4.78, 5) is 4.56. The number of hydrogen-bond acceptors (Lipinski definition) is 4. The first-order valence-corrected chi connectivity index (χ1v) is 7.94. The monoisotopic (exact) mass is 353 g/mol. The molecule has 0 bridgehead atoms. The third-order valence-corrected chi connectivity index (χ3v) is 4.64. The molecule has 21 heavy (non-hydrogen) atoms. The first-order chi connectivity index (χ1) is 10.1. The summed E-state index contributed by atoms with van der Waals surface area (Å²) in [5.41, 5.74) is 0.688. The summed E-state index contributed by atoms with van der Waals surface area (Å²) in [5.74, 6) is 0.891. The molecule has 6 heteroatoms. The zero-order valence-corrected chi connectivity index (χ0v) is 13.4. The van der Waals surface area contributed by atoms with E-state index in [-0.39, 0.29) is 11.2 Å². The molecule has 1 aliphatic rings. The molecule has 1 saturated heterocycles. The van der Waals surface area contributed by atoms with Crippen LogP contribution >= 0.6 is 15.9 Å². The van der Waals surface area contributed by atoms with Crippen LogP contribution in [0.3, 0.4) is 0 Å².